The molecule has 1 aromatic heterocycles. The van der Waals surface area contributed by atoms with Crippen LogP contribution in [0.2, 0.25) is 0 Å². The molecule has 2 rings (SSSR count). The minimum absolute atomic E-state index is 0.163. The number of thioether (sulfide) groups is 1. The number of carboxylic acids is 1. The van der Waals surface area contributed by atoms with Crippen LogP contribution in [0.1, 0.15) is 34.4 Å². The Labute approximate surface area is 127 Å². The van der Waals surface area contributed by atoms with Gasteiger partial charge in [-0.05, 0) is 24.6 Å². The highest BCUT2D eigenvalue weighted by Crippen LogP contribution is 2.27. The van der Waals surface area contributed by atoms with Crippen molar-refractivity contribution in [3.05, 3.63) is 46.9 Å². The molecule has 0 bridgehead atoms. The topological polar surface area (TPSA) is 83.3 Å². The lowest BCUT2D eigenvalue weighted by atomic mass is 10.2. The second-order valence-electron chi connectivity index (χ2n) is 4.52. The second-order valence-corrected chi connectivity index (χ2v) is 5.48. The SMILES string of the molecule is CCc1nc(C)c(C(=O)O)c(SCc2ccc(O)cc2)n1. The van der Waals surface area contributed by atoms with Crippen LogP contribution in [0, 0.1) is 6.92 Å². The number of aromatic nitrogens is 2. The number of nitrogens with zero attached hydrogens (tertiary/aromatic N) is 2. The molecule has 0 fully saturated rings. The predicted octanol–water partition coefficient (Wildman–Crippen LogP) is 3.04. The molecule has 1 aromatic carbocycles. The summed E-state index contributed by atoms with van der Waals surface area (Å²) in [5.41, 5.74) is 1.64. The molecule has 0 atom stereocenters. The number of aryl methyl sites for hydroxylation is 2. The Morgan fingerprint density at radius 2 is 1.90 bits per heavy atom. The van der Waals surface area contributed by atoms with Crippen LogP contribution in [0.15, 0.2) is 29.3 Å². The van der Waals surface area contributed by atoms with E-state index in [2.05, 4.69) is 9.97 Å². The Balaban J connectivity index is 2.27. The molecular formula is C15H16N2O3S. The third kappa shape index (κ3) is 3.72. The van der Waals surface area contributed by atoms with Gasteiger partial charge in [-0.2, -0.15) is 0 Å². The Hall–Kier alpha value is -2.08. The summed E-state index contributed by atoms with van der Waals surface area (Å²) in [6, 6.07) is 6.82. The van der Waals surface area contributed by atoms with Crippen LogP contribution < -0.4 is 0 Å². The summed E-state index contributed by atoms with van der Waals surface area (Å²) in [6.07, 6.45) is 0.660. The first-order chi connectivity index (χ1) is 10.0. The maximum atomic E-state index is 11.4. The molecule has 0 saturated heterocycles. The lowest BCUT2D eigenvalue weighted by Gasteiger charge is -2.09. The van der Waals surface area contributed by atoms with Crippen molar-refractivity contribution in [3.63, 3.8) is 0 Å². The third-order valence-electron chi connectivity index (χ3n) is 2.95. The number of hydrogen-bond donors (Lipinski definition) is 2. The average Bonchev–Trinajstić information content (AvgIpc) is 2.45. The first-order valence-corrected chi connectivity index (χ1v) is 7.51. The van der Waals surface area contributed by atoms with Gasteiger partial charge < -0.3 is 10.2 Å². The van der Waals surface area contributed by atoms with Gasteiger partial charge in [0.1, 0.15) is 22.2 Å². The number of aromatic hydroxyl groups is 1. The smallest absolute Gasteiger partial charge is 0.340 e. The van der Waals surface area contributed by atoms with Crippen LogP contribution >= 0.6 is 11.8 Å². The van der Waals surface area contributed by atoms with Crippen molar-refractivity contribution < 1.29 is 15.0 Å². The zero-order valence-electron chi connectivity index (χ0n) is 11.8. The lowest BCUT2D eigenvalue weighted by Crippen LogP contribution is -2.09. The Morgan fingerprint density at radius 1 is 1.24 bits per heavy atom. The van der Waals surface area contributed by atoms with E-state index < -0.39 is 5.97 Å². The highest BCUT2D eigenvalue weighted by atomic mass is 32.2. The predicted molar refractivity (Wildman–Crippen MR) is 80.8 cm³/mol. The summed E-state index contributed by atoms with van der Waals surface area (Å²) in [4.78, 5) is 19.9. The molecule has 1 heterocycles. The number of aromatic carboxylic acids is 1. The Bertz CT molecular complexity index is 657. The van der Waals surface area contributed by atoms with Crippen LogP contribution in [-0.2, 0) is 12.2 Å². The number of phenolic OH excluding ortho intramolecular Hbond substituents is 1. The summed E-state index contributed by atoms with van der Waals surface area (Å²) in [6.45, 7) is 3.62. The fourth-order valence-electron chi connectivity index (χ4n) is 1.86. The summed E-state index contributed by atoms with van der Waals surface area (Å²) in [5, 5.41) is 19.1. The lowest BCUT2D eigenvalue weighted by molar-refractivity contribution is 0.0690. The van der Waals surface area contributed by atoms with Crippen LogP contribution in [0.5, 0.6) is 5.75 Å². The van der Waals surface area contributed by atoms with E-state index in [0.29, 0.717) is 28.7 Å². The van der Waals surface area contributed by atoms with Crippen LogP contribution in [0.25, 0.3) is 0 Å². The molecule has 0 aliphatic heterocycles. The van der Waals surface area contributed by atoms with E-state index in [-0.39, 0.29) is 11.3 Å². The van der Waals surface area contributed by atoms with E-state index in [1.54, 1.807) is 31.2 Å². The summed E-state index contributed by atoms with van der Waals surface area (Å²) in [7, 11) is 0. The van der Waals surface area contributed by atoms with Gasteiger partial charge in [-0.3, -0.25) is 0 Å². The molecule has 110 valence electrons. The van der Waals surface area contributed by atoms with Crippen LogP contribution in [0.4, 0.5) is 0 Å². The van der Waals surface area contributed by atoms with Gasteiger partial charge in [0.05, 0.1) is 5.69 Å². The van der Waals surface area contributed by atoms with E-state index in [0.717, 1.165) is 5.56 Å². The molecule has 0 unspecified atom stereocenters. The maximum Gasteiger partial charge on any atom is 0.340 e. The molecule has 0 amide bonds. The molecule has 6 heteroatoms. The zero-order chi connectivity index (χ0) is 15.4. The van der Waals surface area contributed by atoms with Crippen molar-refractivity contribution in [1.29, 1.82) is 0 Å². The third-order valence-corrected chi connectivity index (χ3v) is 3.99. The minimum Gasteiger partial charge on any atom is -0.508 e. The minimum atomic E-state index is -1.01. The number of benzene rings is 1. The van der Waals surface area contributed by atoms with Gasteiger partial charge >= 0.3 is 5.97 Å². The van der Waals surface area contributed by atoms with Crippen molar-refractivity contribution in [2.24, 2.45) is 0 Å². The summed E-state index contributed by atoms with van der Waals surface area (Å²) >= 11 is 1.36. The quantitative estimate of drug-likeness (QED) is 0.652. The zero-order valence-corrected chi connectivity index (χ0v) is 12.6. The van der Waals surface area contributed by atoms with Gasteiger partial charge in [-0.25, -0.2) is 14.8 Å². The molecule has 0 spiro atoms. The number of carbonyl (C=O) groups is 1. The fraction of sp³-hybridized carbons (Fsp3) is 0.267. The van der Waals surface area contributed by atoms with Gasteiger partial charge in [0.2, 0.25) is 0 Å². The van der Waals surface area contributed by atoms with E-state index in [1.165, 1.54) is 11.8 Å². The molecule has 2 N–H and O–H groups in total. The Kier molecular flexibility index (Phi) is 4.80. The summed E-state index contributed by atoms with van der Waals surface area (Å²) in [5.74, 6) is 0.426. The van der Waals surface area contributed by atoms with Crippen LogP contribution in [0.3, 0.4) is 0 Å². The number of phenols is 1. The highest BCUT2D eigenvalue weighted by molar-refractivity contribution is 7.98. The molecule has 0 radical (unpaired) electrons. The number of hydrogen-bond acceptors (Lipinski definition) is 5. The highest BCUT2D eigenvalue weighted by Gasteiger charge is 2.18. The van der Waals surface area contributed by atoms with E-state index in [1.807, 2.05) is 6.92 Å². The van der Waals surface area contributed by atoms with Crippen molar-refractivity contribution >= 4 is 17.7 Å². The first-order valence-electron chi connectivity index (χ1n) is 6.52. The van der Waals surface area contributed by atoms with E-state index in [9.17, 15) is 15.0 Å². The van der Waals surface area contributed by atoms with Gasteiger partial charge in [-0.1, -0.05) is 19.1 Å². The Morgan fingerprint density at radius 3 is 2.48 bits per heavy atom. The average molecular weight is 304 g/mol. The second kappa shape index (κ2) is 6.58. The van der Waals surface area contributed by atoms with E-state index >= 15 is 0 Å². The largest absolute Gasteiger partial charge is 0.508 e. The van der Waals surface area contributed by atoms with Crippen LogP contribution in [-0.4, -0.2) is 26.2 Å². The molecule has 2 aromatic rings. The maximum absolute atomic E-state index is 11.4. The first kappa shape index (κ1) is 15.3. The number of carboxylic acid groups (broad SMARTS) is 1. The molecule has 0 aliphatic carbocycles. The standard InChI is InChI=1S/C15H16N2O3S/c1-3-12-16-9(2)13(15(19)20)14(17-12)21-8-10-4-6-11(18)7-5-10/h4-7,18H,3,8H2,1-2H3,(H,19,20). The molecular weight excluding hydrogens is 288 g/mol. The van der Waals surface area contributed by atoms with Crippen molar-refractivity contribution in [3.8, 4) is 5.75 Å². The van der Waals surface area contributed by atoms with Gasteiger partial charge in [-0.15, -0.1) is 11.8 Å². The van der Waals surface area contributed by atoms with Crippen molar-refractivity contribution in [1.82, 2.24) is 9.97 Å². The molecule has 21 heavy (non-hydrogen) atoms. The molecule has 0 saturated carbocycles. The van der Waals surface area contributed by atoms with E-state index in [4.69, 9.17) is 0 Å². The normalized spacial score (nSPS) is 10.6. The van der Waals surface area contributed by atoms with Crippen molar-refractivity contribution in [2.75, 3.05) is 0 Å². The number of rotatable bonds is 5. The molecule has 0 aliphatic rings. The van der Waals surface area contributed by atoms with Gasteiger partial charge in [0.15, 0.2) is 0 Å². The monoisotopic (exact) mass is 304 g/mol. The fourth-order valence-corrected chi connectivity index (χ4v) is 2.90. The van der Waals surface area contributed by atoms with Crippen molar-refractivity contribution in [2.45, 2.75) is 31.0 Å². The van der Waals surface area contributed by atoms with Gasteiger partial charge in [0.25, 0.3) is 0 Å². The summed E-state index contributed by atoms with van der Waals surface area (Å²) < 4.78 is 0. The van der Waals surface area contributed by atoms with Gasteiger partial charge in [0, 0.05) is 12.2 Å². The molecule has 5 nitrogen and oxygen atoms in total.